The highest BCUT2D eigenvalue weighted by Gasteiger charge is 2.37. The Morgan fingerprint density at radius 3 is 2.40 bits per heavy atom. The van der Waals surface area contributed by atoms with Gasteiger partial charge in [0.2, 0.25) is 0 Å². The van der Waals surface area contributed by atoms with E-state index >= 15 is 0 Å². The van der Waals surface area contributed by atoms with Gasteiger partial charge >= 0.3 is 18.2 Å². The van der Waals surface area contributed by atoms with Gasteiger partial charge in [0.25, 0.3) is 0 Å². The van der Waals surface area contributed by atoms with E-state index < -0.39 is 36.0 Å². The summed E-state index contributed by atoms with van der Waals surface area (Å²) in [5, 5.41) is 21.9. The average Bonchev–Trinajstić information content (AvgIpc) is 3.47. The Balaban J connectivity index is 1.40. The van der Waals surface area contributed by atoms with Gasteiger partial charge in [0.15, 0.2) is 6.10 Å². The summed E-state index contributed by atoms with van der Waals surface area (Å²) >= 11 is 0. The second-order valence-electron chi connectivity index (χ2n) is 13.5. The molecular formula is C36H51N3O8. The van der Waals surface area contributed by atoms with Gasteiger partial charge in [-0.2, -0.15) is 0 Å². The van der Waals surface area contributed by atoms with Crippen LogP contribution in [0.1, 0.15) is 58.1 Å². The summed E-state index contributed by atoms with van der Waals surface area (Å²) in [6.45, 7) is 11.1. The molecule has 2 N–H and O–H groups in total. The van der Waals surface area contributed by atoms with Crippen LogP contribution >= 0.6 is 0 Å². The highest BCUT2D eigenvalue weighted by atomic mass is 16.6. The molecule has 11 heteroatoms. The zero-order valence-corrected chi connectivity index (χ0v) is 28.3. The molecule has 2 amide bonds. The lowest BCUT2D eigenvalue weighted by atomic mass is 9.89. The number of aliphatic hydroxyl groups is 2. The Morgan fingerprint density at radius 1 is 1.09 bits per heavy atom. The van der Waals surface area contributed by atoms with E-state index in [4.69, 9.17) is 14.2 Å². The number of carbonyl (C=O) groups excluding carboxylic acids is 3. The van der Waals surface area contributed by atoms with Crippen molar-refractivity contribution in [2.24, 2.45) is 11.8 Å². The van der Waals surface area contributed by atoms with Crippen LogP contribution in [-0.4, -0.2) is 107 Å². The van der Waals surface area contributed by atoms with E-state index in [9.17, 15) is 24.6 Å². The molecule has 0 radical (unpaired) electrons. The number of ether oxygens (including phenoxy) is 3. The molecule has 3 aliphatic rings. The number of allylic oxidation sites excluding steroid dienone is 2. The van der Waals surface area contributed by atoms with E-state index in [2.05, 4.69) is 4.90 Å². The summed E-state index contributed by atoms with van der Waals surface area (Å²) < 4.78 is 17.3. The van der Waals surface area contributed by atoms with Crippen molar-refractivity contribution < 1.29 is 38.8 Å². The topological polar surface area (TPSA) is 129 Å². The molecule has 0 aliphatic carbocycles. The SMILES string of the molecule is C/C(=C\C=C\[C@@H](C)COC(=O)N1Cc2ccccc2C1)[C@H]1OC(=O)C[C@H](O)CC[C@@](C)(O)[C@@H](OC(=O)N2CCN(C)CC2)/C=C\[C@@H]1C. The lowest BCUT2D eigenvalue weighted by Crippen LogP contribution is -2.50. The molecule has 47 heavy (non-hydrogen) atoms. The molecule has 1 aromatic carbocycles. The van der Waals surface area contributed by atoms with Gasteiger partial charge in [-0.15, -0.1) is 0 Å². The van der Waals surface area contributed by atoms with Gasteiger partial charge in [-0.25, -0.2) is 9.59 Å². The molecule has 11 nitrogen and oxygen atoms in total. The van der Waals surface area contributed by atoms with Crippen molar-refractivity contribution >= 4 is 18.2 Å². The van der Waals surface area contributed by atoms with Crippen molar-refractivity contribution in [2.45, 2.75) is 84.0 Å². The van der Waals surface area contributed by atoms with Crippen LogP contribution in [0, 0.1) is 11.8 Å². The number of esters is 1. The molecule has 0 aromatic heterocycles. The lowest BCUT2D eigenvalue weighted by Gasteiger charge is -2.36. The molecular weight excluding hydrogens is 602 g/mol. The Bertz CT molecular complexity index is 1310. The standard InChI is InChI=1S/C36H51N3O8/c1-25(24-45-34(42)39-22-28-11-6-7-12-29(28)23-39)9-8-10-26(2)33-27(3)13-14-31(46-35(43)38-19-17-37(5)18-20-38)36(4,44)16-15-30(40)21-32(41)47-33/h6-14,25,27,30-31,33,40,44H,15-24H2,1-5H3/b9-8+,14-13-,26-10+/t25-,27+,30-,31+,33-,36-/m1/s1. The van der Waals surface area contributed by atoms with E-state index in [1.165, 1.54) is 0 Å². The van der Waals surface area contributed by atoms with Crippen LogP contribution in [-0.2, 0) is 32.1 Å². The Hall–Kier alpha value is -3.67. The maximum Gasteiger partial charge on any atom is 0.410 e. The second-order valence-corrected chi connectivity index (χ2v) is 13.5. The van der Waals surface area contributed by atoms with Crippen molar-refractivity contribution in [3.05, 3.63) is 71.3 Å². The second kappa shape index (κ2) is 16.4. The van der Waals surface area contributed by atoms with Crippen molar-refractivity contribution in [1.82, 2.24) is 14.7 Å². The predicted molar refractivity (Wildman–Crippen MR) is 177 cm³/mol. The van der Waals surface area contributed by atoms with E-state index in [0.717, 1.165) is 29.8 Å². The first-order valence-corrected chi connectivity index (χ1v) is 16.6. The molecule has 6 atom stereocenters. The molecule has 3 aliphatic heterocycles. The summed E-state index contributed by atoms with van der Waals surface area (Å²) in [6, 6.07) is 7.97. The first kappa shape index (κ1) is 36.2. The van der Waals surface area contributed by atoms with Crippen molar-refractivity contribution in [3.8, 4) is 0 Å². The Kier molecular flexibility index (Phi) is 12.6. The zero-order chi connectivity index (χ0) is 34.1. The van der Waals surface area contributed by atoms with Crippen LogP contribution in [0.2, 0.25) is 0 Å². The number of likely N-dealkylation sites (N-methyl/N-ethyl adjacent to an activating group) is 1. The molecule has 0 spiro atoms. The fourth-order valence-electron chi connectivity index (χ4n) is 5.93. The molecule has 4 rings (SSSR count). The van der Waals surface area contributed by atoms with E-state index in [-0.39, 0.29) is 43.8 Å². The number of aliphatic hydroxyl groups excluding tert-OH is 1. The van der Waals surface area contributed by atoms with Gasteiger partial charge in [0.1, 0.15) is 11.7 Å². The van der Waals surface area contributed by atoms with Crippen molar-refractivity contribution in [3.63, 3.8) is 0 Å². The minimum absolute atomic E-state index is 0.0581. The first-order chi connectivity index (χ1) is 22.3. The highest BCUT2D eigenvalue weighted by molar-refractivity contribution is 5.71. The van der Waals surface area contributed by atoms with Crippen molar-refractivity contribution in [1.29, 1.82) is 0 Å². The minimum Gasteiger partial charge on any atom is -0.457 e. The maximum absolute atomic E-state index is 13.0. The first-order valence-electron chi connectivity index (χ1n) is 16.6. The molecule has 258 valence electrons. The predicted octanol–water partition coefficient (Wildman–Crippen LogP) is 4.43. The third-order valence-corrected chi connectivity index (χ3v) is 9.13. The normalized spacial score (nSPS) is 29.3. The summed E-state index contributed by atoms with van der Waals surface area (Å²) in [4.78, 5) is 43.9. The number of cyclic esters (lactones) is 1. The molecule has 0 unspecified atom stereocenters. The number of hydrogen-bond acceptors (Lipinski definition) is 9. The van der Waals surface area contributed by atoms with Crippen LogP contribution in [0.4, 0.5) is 9.59 Å². The van der Waals surface area contributed by atoms with Crippen LogP contribution in [0.25, 0.3) is 0 Å². The third kappa shape index (κ3) is 10.4. The average molecular weight is 654 g/mol. The van der Waals surface area contributed by atoms with Crippen LogP contribution in [0.3, 0.4) is 0 Å². The van der Waals surface area contributed by atoms with Gasteiger partial charge in [0.05, 0.1) is 19.1 Å². The molecule has 1 saturated heterocycles. The van der Waals surface area contributed by atoms with Crippen LogP contribution in [0.15, 0.2) is 60.2 Å². The number of rotatable bonds is 6. The van der Waals surface area contributed by atoms with Gasteiger partial charge < -0.3 is 34.2 Å². The summed E-state index contributed by atoms with van der Waals surface area (Å²) in [5.41, 5.74) is 1.56. The number of fused-ring (bicyclic) bond motifs is 1. The smallest absolute Gasteiger partial charge is 0.410 e. The fraction of sp³-hybridized carbons (Fsp3) is 0.583. The number of hydrogen-bond donors (Lipinski definition) is 2. The summed E-state index contributed by atoms with van der Waals surface area (Å²) in [5.74, 6) is -0.942. The minimum atomic E-state index is -1.47. The van der Waals surface area contributed by atoms with Gasteiger partial charge in [-0.1, -0.05) is 62.4 Å². The largest absolute Gasteiger partial charge is 0.457 e. The number of benzene rings is 1. The van der Waals surface area contributed by atoms with Gasteiger partial charge in [0, 0.05) is 51.1 Å². The lowest BCUT2D eigenvalue weighted by molar-refractivity contribution is -0.151. The number of piperazine rings is 1. The molecule has 1 aromatic rings. The Labute approximate surface area is 278 Å². The van der Waals surface area contributed by atoms with E-state index in [1.54, 1.807) is 28.9 Å². The van der Waals surface area contributed by atoms with E-state index in [1.807, 2.05) is 70.3 Å². The summed E-state index contributed by atoms with van der Waals surface area (Å²) in [6.07, 6.45) is 5.59. The quantitative estimate of drug-likeness (QED) is 0.198. The highest BCUT2D eigenvalue weighted by Crippen LogP contribution is 2.28. The van der Waals surface area contributed by atoms with Crippen molar-refractivity contribution in [2.75, 3.05) is 39.8 Å². The molecule has 0 saturated carbocycles. The monoisotopic (exact) mass is 653 g/mol. The zero-order valence-electron chi connectivity index (χ0n) is 28.3. The number of carbonyl (C=O) groups is 3. The number of nitrogens with zero attached hydrogens (tertiary/aromatic N) is 3. The van der Waals surface area contributed by atoms with Crippen LogP contribution in [0.5, 0.6) is 0 Å². The number of amides is 2. The maximum atomic E-state index is 13.0. The molecule has 1 fully saturated rings. The van der Waals surface area contributed by atoms with E-state index in [0.29, 0.717) is 26.2 Å². The Morgan fingerprint density at radius 2 is 1.74 bits per heavy atom. The molecule has 0 bridgehead atoms. The molecule has 3 heterocycles. The third-order valence-electron chi connectivity index (χ3n) is 9.13. The fourth-order valence-corrected chi connectivity index (χ4v) is 5.93. The van der Waals surface area contributed by atoms with Crippen LogP contribution < -0.4 is 0 Å². The van der Waals surface area contributed by atoms with Gasteiger partial charge in [-0.3, -0.25) is 9.69 Å². The van der Waals surface area contributed by atoms with Gasteiger partial charge in [-0.05, 0) is 56.5 Å². The summed E-state index contributed by atoms with van der Waals surface area (Å²) in [7, 11) is 2.00.